The van der Waals surface area contributed by atoms with Crippen LogP contribution in [-0.4, -0.2) is 6.54 Å². The van der Waals surface area contributed by atoms with Crippen LogP contribution in [0.5, 0.6) is 0 Å². The Labute approximate surface area is 126 Å². The highest BCUT2D eigenvalue weighted by atomic mass is 35.5. The zero-order valence-electron chi connectivity index (χ0n) is 12.3. The van der Waals surface area contributed by atoms with Crippen LogP contribution in [0, 0.1) is 11.7 Å². The molecule has 3 heteroatoms. The summed E-state index contributed by atoms with van der Waals surface area (Å²) in [5.74, 6) is 0.641. The van der Waals surface area contributed by atoms with E-state index < -0.39 is 0 Å². The highest BCUT2D eigenvalue weighted by Gasteiger charge is 2.19. The molecule has 0 bridgehead atoms. The van der Waals surface area contributed by atoms with Gasteiger partial charge in [0, 0.05) is 11.1 Å². The summed E-state index contributed by atoms with van der Waals surface area (Å²) in [7, 11) is 0. The normalized spacial score (nSPS) is 18.1. The predicted molar refractivity (Wildman–Crippen MR) is 83.6 cm³/mol. The SMILES string of the molecule is CCNC(CCC1CCCCC1)c1cc(F)ccc1Cl. The Morgan fingerprint density at radius 1 is 1.30 bits per heavy atom. The average molecular weight is 298 g/mol. The molecule has 0 aliphatic heterocycles. The van der Waals surface area contributed by atoms with Crippen molar-refractivity contribution in [2.45, 2.75) is 57.9 Å². The molecule has 20 heavy (non-hydrogen) atoms. The zero-order valence-corrected chi connectivity index (χ0v) is 13.1. The molecule has 1 aromatic rings. The lowest BCUT2D eigenvalue weighted by Crippen LogP contribution is -2.22. The third-order valence-corrected chi connectivity index (χ3v) is 4.72. The minimum Gasteiger partial charge on any atom is -0.310 e. The van der Waals surface area contributed by atoms with Gasteiger partial charge >= 0.3 is 0 Å². The number of hydrogen-bond donors (Lipinski definition) is 1. The Morgan fingerprint density at radius 2 is 2.05 bits per heavy atom. The molecular formula is C17H25ClFN. The summed E-state index contributed by atoms with van der Waals surface area (Å²) in [4.78, 5) is 0. The van der Waals surface area contributed by atoms with E-state index in [1.165, 1.54) is 44.6 Å². The molecule has 0 aromatic heterocycles. The molecule has 0 spiro atoms. The van der Waals surface area contributed by atoms with Crippen molar-refractivity contribution in [1.82, 2.24) is 5.32 Å². The van der Waals surface area contributed by atoms with Crippen LogP contribution in [0.15, 0.2) is 18.2 Å². The Balaban J connectivity index is 2.00. The molecule has 2 rings (SSSR count). The molecule has 112 valence electrons. The highest BCUT2D eigenvalue weighted by Crippen LogP contribution is 2.32. The van der Waals surface area contributed by atoms with Gasteiger partial charge in [0.15, 0.2) is 0 Å². The Morgan fingerprint density at radius 3 is 2.75 bits per heavy atom. The fourth-order valence-corrected chi connectivity index (χ4v) is 3.52. The van der Waals surface area contributed by atoms with Crippen LogP contribution in [0.4, 0.5) is 4.39 Å². The summed E-state index contributed by atoms with van der Waals surface area (Å²) in [6.45, 7) is 2.96. The van der Waals surface area contributed by atoms with Crippen LogP contribution in [0.25, 0.3) is 0 Å². The molecule has 1 aromatic carbocycles. The summed E-state index contributed by atoms with van der Waals surface area (Å²) in [6, 6.07) is 4.84. The van der Waals surface area contributed by atoms with Gasteiger partial charge in [-0.3, -0.25) is 0 Å². The number of halogens is 2. The molecule has 1 N–H and O–H groups in total. The molecule has 1 aliphatic carbocycles. The summed E-state index contributed by atoms with van der Waals surface area (Å²) in [6.07, 6.45) is 9.11. The van der Waals surface area contributed by atoms with E-state index in [0.29, 0.717) is 5.02 Å². The average Bonchev–Trinajstić information content (AvgIpc) is 2.47. The maximum atomic E-state index is 13.5. The molecule has 0 amide bonds. The van der Waals surface area contributed by atoms with Gasteiger partial charge in [0.05, 0.1) is 0 Å². The van der Waals surface area contributed by atoms with Gasteiger partial charge in [-0.1, -0.05) is 50.6 Å². The third kappa shape index (κ3) is 4.46. The van der Waals surface area contributed by atoms with Crippen molar-refractivity contribution in [3.8, 4) is 0 Å². The molecule has 1 saturated carbocycles. The Hall–Kier alpha value is -0.600. The first-order valence-corrected chi connectivity index (χ1v) is 8.26. The molecule has 1 unspecified atom stereocenters. The molecule has 0 saturated heterocycles. The highest BCUT2D eigenvalue weighted by molar-refractivity contribution is 6.31. The lowest BCUT2D eigenvalue weighted by atomic mass is 9.84. The lowest BCUT2D eigenvalue weighted by Gasteiger charge is -2.25. The van der Waals surface area contributed by atoms with E-state index in [9.17, 15) is 4.39 Å². The minimum absolute atomic E-state index is 0.171. The maximum Gasteiger partial charge on any atom is 0.123 e. The monoisotopic (exact) mass is 297 g/mol. The van der Waals surface area contributed by atoms with Gasteiger partial charge < -0.3 is 5.32 Å². The first kappa shape index (κ1) is 15.8. The second-order valence-electron chi connectivity index (χ2n) is 5.86. The predicted octanol–water partition coefficient (Wildman–Crippen LogP) is 5.49. The van der Waals surface area contributed by atoms with E-state index in [1.54, 1.807) is 12.1 Å². The van der Waals surface area contributed by atoms with Gasteiger partial charge in [-0.25, -0.2) is 4.39 Å². The number of rotatable bonds is 6. The van der Waals surface area contributed by atoms with E-state index in [4.69, 9.17) is 11.6 Å². The van der Waals surface area contributed by atoms with E-state index in [1.807, 2.05) is 0 Å². The first-order chi connectivity index (χ1) is 9.70. The van der Waals surface area contributed by atoms with Crippen molar-refractivity contribution in [2.24, 2.45) is 5.92 Å². The van der Waals surface area contributed by atoms with Crippen molar-refractivity contribution in [3.63, 3.8) is 0 Å². The molecule has 1 atom stereocenters. The quantitative estimate of drug-likeness (QED) is 0.732. The molecule has 1 nitrogen and oxygen atoms in total. The fraction of sp³-hybridized carbons (Fsp3) is 0.647. The minimum atomic E-state index is -0.204. The van der Waals surface area contributed by atoms with Gasteiger partial charge in [0.1, 0.15) is 5.82 Å². The lowest BCUT2D eigenvalue weighted by molar-refractivity contribution is 0.315. The van der Waals surface area contributed by atoms with E-state index in [2.05, 4.69) is 12.2 Å². The van der Waals surface area contributed by atoms with Crippen molar-refractivity contribution in [2.75, 3.05) is 6.54 Å². The van der Waals surface area contributed by atoms with Gasteiger partial charge in [-0.2, -0.15) is 0 Å². The number of benzene rings is 1. The second-order valence-corrected chi connectivity index (χ2v) is 6.26. The van der Waals surface area contributed by atoms with Gasteiger partial charge in [-0.15, -0.1) is 0 Å². The number of hydrogen-bond acceptors (Lipinski definition) is 1. The van der Waals surface area contributed by atoms with Crippen LogP contribution in [-0.2, 0) is 0 Å². The van der Waals surface area contributed by atoms with Gasteiger partial charge in [0.25, 0.3) is 0 Å². The topological polar surface area (TPSA) is 12.0 Å². The summed E-state index contributed by atoms with van der Waals surface area (Å²) in [5, 5.41) is 4.12. The van der Waals surface area contributed by atoms with Crippen molar-refractivity contribution in [1.29, 1.82) is 0 Å². The smallest absolute Gasteiger partial charge is 0.123 e. The molecule has 1 fully saturated rings. The van der Waals surface area contributed by atoms with Crippen molar-refractivity contribution in [3.05, 3.63) is 34.6 Å². The maximum absolute atomic E-state index is 13.5. The first-order valence-electron chi connectivity index (χ1n) is 7.89. The Kier molecular flexibility index (Phi) is 6.31. The zero-order chi connectivity index (χ0) is 14.4. The summed E-state index contributed by atoms with van der Waals surface area (Å²) >= 11 is 6.24. The summed E-state index contributed by atoms with van der Waals surface area (Å²) in [5.41, 5.74) is 0.907. The molecule has 1 aliphatic rings. The van der Waals surface area contributed by atoms with E-state index in [0.717, 1.165) is 24.4 Å². The standard InChI is InChI=1S/C17H25ClFN/c1-2-20-17(11-8-13-6-4-3-5-7-13)15-12-14(19)9-10-16(15)18/h9-10,12-13,17,20H,2-8,11H2,1H3. The van der Waals surface area contributed by atoms with Crippen LogP contribution < -0.4 is 5.32 Å². The van der Waals surface area contributed by atoms with Crippen LogP contribution >= 0.6 is 11.6 Å². The fourth-order valence-electron chi connectivity index (χ4n) is 3.27. The van der Waals surface area contributed by atoms with Crippen molar-refractivity contribution >= 4 is 11.6 Å². The Bertz CT molecular complexity index is 415. The molecule has 0 radical (unpaired) electrons. The van der Waals surface area contributed by atoms with Gasteiger partial charge in [-0.05, 0) is 49.1 Å². The van der Waals surface area contributed by atoms with E-state index >= 15 is 0 Å². The van der Waals surface area contributed by atoms with Crippen LogP contribution in [0.2, 0.25) is 5.02 Å². The van der Waals surface area contributed by atoms with Gasteiger partial charge in [0.2, 0.25) is 0 Å². The molecule has 0 heterocycles. The van der Waals surface area contributed by atoms with Crippen LogP contribution in [0.3, 0.4) is 0 Å². The molecular weight excluding hydrogens is 273 g/mol. The van der Waals surface area contributed by atoms with Crippen LogP contribution in [0.1, 0.15) is 63.5 Å². The number of nitrogens with one attached hydrogen (secondary N) is 1. The third-order valence-electron chi connectivity index (χ3n) is 4.37. The van der Waals surface area contributed by atoms with Crippen molar-refractivity contribution < 1.29 is 4.39 Å². The largest absolute Gasteiger partial charge is 0.310 e. The van der Waals surface area contributed by atoms with E-state index in [-0.39, 0.29) is 11.9 Å². The second kappa shape index (κ2) is 7.99. The summed E-state index contributed by atoms with van der Waals surface area (Å²) < 4.78 is 13.5.